The summed E-state index contributed by atoms with van der Waals surface area (Å²) in [6, 6.07) is 15.2. The van der Waals surface area contributed by atoms with Crippen LogP contribution in [0.2, 0.25) is 0 Å². The van der Waals surface area contributed by atoms with Gasteiger partial charge in [-0.2, -0.15) is 0 Å². The highest BCUT2D eigenvalue weighted by molar-refractivity contribution is 5.94. The molecule has 3 heteroatoms. The second-order valence-corrected chi connectivity index (χ2v) is 4.71. The van der Waals surface area contributed by atoms with Gasteiger partial charge in [-0.1, -0.05) is 30.3 Å². The van der Waals surface area contributed by atoms with Gasteiger partial charge in [0.05, 0.1) is 5.52 Å². The maximum absolute atomic E-state index is 14.1. The molecule has 0 saturated carbocycles. The zero-order valence-corrected chi connectivity index (χ0v) is 11.2. The molecule has 0 unspecified atom stereocenters. The second-order valence-electron chi connectivity index (χ2n) is 4.71. The molecule has 0 bridgehead atoms. The quantitative estimate of drug-likeness (QED) is 0.780. The van der Waals surface area contributed by atoms with Crippen molar-refractivity contribution in [3.63, 3.8) is 0 Å². The molecule has 0 radical (unpaired) electrons. The summed E-state index contributed by atoms with van der Waals surface area (Å²) in [5, 5.41) is 4.00. The second kappa shape index (κ2) is 5.39. The molecule has 0 atom stereocenters. The average Bonchev–Trinajstić information content (AvgIpc) is 2.49. The van der Waals surface area contributed by atoms with E-state index in [0.717, 1.165) is 22.0 Å². The van der Waals surface area contributed by atoms with E-state index >= 15 is 0 Å². The average molecular weight is 266 g/mol. The van der Waals surface area contributed by atoms with Gasteiger partial charge in [0, 0.05) is 23.7 Å². The highest BCUT2D eigenvalue weighted by Gasteiger charge is 2.07. The molecule has 1 heterocycles. The summed E-state index contributed by atoms with van der Waals surface area (Å²) >= 11 is 0. The summed E-state index contributed by atoms with van der Waals surface area (Å²) in [6.45, 7) is 0.531. The lowest BCUT2D eigenvalue weighted by Crippen LogP contribution is -2.06. The number of nitrogens with zero attached hydrogens (tertiary/aromatic N) is 1. The first-order chi connectivity index (χ1) is 9.79. The van der Waals surface area contributed by atoms with Crippen LogP contribution in [0.4, 0.5) is 4.39 Å². The van der Waals surface area contributed by atoms with E-state index < -0.39 is 0 Å². The Kier molecular flexibility index (Phi) is 3.44. The molecule has 3 aromatic rings. The molecular weight excluding hydrogens is 251 g/mol. The van der Waals surface area contributed by atoms with Gasteiger partial charge in [-0.05, 0) is 36.4 Å². The molecule has 3 rings (SSSR count). The van der Waals surface area contributed by atoms with E-state index in [9.17, 15) is 4.39 Å². The maximum atomic E-state index is 14.1. The summed E-state index contributed by atoms with van der Waals surface area (Å²) in [5.41, 5.74) is 3.48. The summed E-state index contributed by atoms with van der Waals surface area (Å²) in [5.74, 6) is -0.183. The topological polar surface area (TPSA) is 24.9 Å². The van der Waals surface area contributed by atoms with Gasteiger partial charge in [0.2, 0.25) is 0 Å². The van der Waals surface area contributed by atoms with Gasteiger partial charge >= 0.3 is 0 Å². The molecular formula is C17H15FN2. The molecule has 0 spiro atoms. The molecule has 100 valence electrons. The number of rotatable bonds is 3. The van der Waals surface area contributed by atoms with E-state index in [-0.39, 0.29) is 5.82 Å². The normalized spacial score (nSPS) is 10.9. The van der Waals surface area contributed by atoms with Crippen molar-refractivity contribution < 1.29 is 4.39 Å². The Bertz CT molecular complexity index is 748. The molecule has 1 N–H and O–H groups in total. The van der Waals surface area contributed by atoms with Gasteiger partial charge in [-0.15, -0.1) is 0 Å². The Hall–Kier alpha value is -2.26. The number of fused-ring (bicyclic) bond motifs is 1. The Balaban J connectivity index is 2.14. The first-order valence-corrected chi connectivity index (χ1v) is 6.57. The van der Waals surface area contributed by atoms with Gasteiger partial charge in [0.25, 0.3) is 0 Å². The van der Waals surface area contributed by atoms with Crippen LogP contribution < -0.4 is 5.32 Å². The molecule has 0 amide bonds. The lowest BCUT2D eigenvalue weighted by atomic mass is 9.99. The third kappa shape index (κ3) is 2.28. The summed E-state index contributed by atoms with van der Waals surface area (Å²) in [7, 11) is 1.81. The largest absolute Gasteiger partial charge is 0.316 e. The third-order valence-electron chi connectivity index (χ3n) is 3.38. The monoisotopic (exact) mass is 266 g/mol. The Morgan fingerprint density at radius 3 is 2.80 bits per heavy atom. The fourth-order valence-electron chi connectivity index (χ4n) is 2.40. The van der Waals surface area contributed by atoms with Crippen molar-refractivity contribution in [2.45, 2.75) is 6.54 Å². The minimum absolute atomic E-state index is 0.183. The Morgan fingerprint density at radius 1 is 1.10 bits per heavy atom. The van der Waals surface area contributed by atoms with E-state index in [1.807, 2.05) is 49.5 Å². The van der Waals surface area contributed by atoms with Crippen LogP contribution in [-0.4, -0.2) is 12.0 Å². The fourth-order valence-corrected chi connectivity index (χ4v) is 2.40. The molecule has 0 aliphatic carbocycles. The molecule has 2 aromatic carbocycles. The molecule has 0 aliphatic heterocycles. The summed E-state index contributed by atoms with van der Waals surface area (Å²) < 4.78 is 14.1. The third-order valence-corrected chi connectivity index (χ3v) is 3.38. The van der Waals surface area contributed by atoms with Crippen LogP contribution in [0, 0.1) is 5.82 Å². The molecule has 20 heavy (non-hydrogen) atoms. The van der Waals surface area contributed by atoms with Crippen LogP contribution >= 0.6 is 0 Å². The van der Waals surface area contributed by atoms with E-state index in [2.05, 4.69) is 10.3 Å². The zero-order chi connectivity index (χ0) is 13.9. The number of halogens is 1. The maximum Gasteiger partial charge on any atom is 0.128 e. The van der Waals surface area contributed by atoms with Crippen LogP contribution in [0.15, 0.2) is 54.7 Å². The highest BCUT2D eigenvalue weighted by Crippen LogP contribution is 2.28. The van der Waals surface area contributed by atoms with Crippen LogP contribution in [0.1, 0.15) is 5.56 Å². The fraction of sp³-hybridized carbons (Fsp3) is 0.118. The minimum Gasteiger partial charge on any atom is -0.316 e. The van der Waals surface area contributed by atoms with Crippen LogP contribution in [0.25, 0.3) is 22.0 Å². The van der Waals surface area contributed by atoms with Crippen molar-refractivity contribution >= 4 is 10.9 Å². The number of benzene rings is 2. The Labute approximate surface area is 117 Å². The minimum atomic E-state index is -0.183. The zero-order valence-electron chi connectivity index (χ0n) is 11.2. The van der Waals surface area contributed by atoms with Crippen molar-refractivity contribution in [1.82, 2.24) is 10.3 Å². The lowest BCUT2D eigenvalue weighted by molar-refractivity contribution is 0.601. The van der Waals surface area contributed by atoms with Gasteiger partial charge in [-0.25, -0.2) is 4.39 Å². The SMILES string of the molecule is CNCc1ccc(-c2cccc3ncccc23)cc1F. The molecule has 1 aromatic heterocycles. The predicted octanol–water partition coefficient (Wildman–Crippen LogP) is 3.76. The number of nitrogens with one attached hydrogen (secondary N) is 1. The molecule has 2 nitrogen and oxygen atoms in total. The van der Waals surface area contributed by atoms with Crippen molar-refractivity contribution in [3.05, 3.63) is 66.1 Å². The van der Waals surface area contributed by atoms with Crippen LogP contribution in [-0.2, 0) is 6.54 Å². The van der Waals surface area contributed by atoms with Gasteiger partial charge in [0.15, 0.2) is 0 Å². The van der Waals surface area contributed by atoms with Crippen molar-refractivity contribution in [3.8, 4) is 11.1 Å². The smallest absolute Gasteiger partial charge is 0.128 e. The molecule has 0 saturated heterocycles. The predicted molar refractivity (Wildman–Crippen MR) is 79.9 cm³/mol. The van der Waals surface area contributed by atoms with E-state index in [1.165, 1.54) is 0 Å². The van der Waals surface area contributed by atoms with E-state index in [4.69, 9.17) is 0 Å². The first-order valence-electron chi connectivity index (χ1n) is 6.57. The van der Waals surface area contributed by atoms with Crippen LogP contribution in [0.3, 0.4) is 0 Å². The number of hydrogen-bond acceptors (Lipinski definition) is 2. The number of aromatic nitrogens is 1. The number of pyridine rings is 1. The van der Waals surface area contributed by atoms with Gasteiger partial charge < -0.3 is 5.32 Å². The first kappa shape index (κ1) is 12.8. The summed E-state index contributed by atoms with van der Waals surface area (Å²) in [4.78, 5) is 4.33. The summed E-state index contributed by atoms with van der Waals surface area (Å²) in [6.07, 6.45) is 1.77. The lowest BCUT2D eigenvalue weighted by Gasteiger charge is -2.08. The van der Waals surface area contributed by atoms with Crippen LogP contribution in [0.5, 0.6) is 0 Å². The molecule has 0 aliphatic rings. The van der Waals surface area contributed by atoms with Gasteiger partial charge in [0.1, 0.15) is 5.82 Å². The Morgan fingerprint density at radius 2 is 2.00 bits per heavy atom. The standard InChI is InChI=1S/C17H15FN2/c1-19-11-13-8-7-12(10-16(13)18)14-4-2-6-17-15(14)5-3-9-20-17/h2-10,19H,11H2,1H3. The number of hydrogen-bond donors (Lipinski definition) is 1. The molecule has 0 fully saturated rings. The van der Waals surface area contributed by atoms with Crippen molar-refractivity contribution in [2.24, 2.45) is 0 Å². The highest BCUT2D eigenvalue weighted by atomic mass is 19.1. The van der Waals surface area contributed by atoms with Crippen molar-refractivity contribution in [2.75, 3.05) is 7.05 Å². The van der Waals surface area contributed by atoms with E-state index in [0.29, 0.717) is 12.1 Å². The van der Waals surface area contributed by atoms with Gasteiger partial charge in [-0.3, -0.25) is 4.98 Å². The van der Waals surface area contributed by atoms with E-state index in [1.54, 1.807) is 12.3 Å². The van der Waals surface area contributed by atoms with Crippen molar-refractivity contribution in [1.29, 1.82) is 0 Å².